The SMILES string of the molecule is Cn1cc(CNc2ccc(Br)c(Cl)c2Cl)cc1C#N. The Hall–Kier alpha value is -1.15. The highest BCUT2D eigenvalue weighted by molar-refractivity contribution is 9.10. The molecule has 0 aliphatic rings. The van der Waals surface area contributed by atoms with Gasteiger partial charge in [-0.15, -0.1) is 0 Å². The maximum absolute atomic E-state index is 8.89. The topological polar surface area (TPSA) is 40.8 Å². The zero-order valence-corrected chi connectivity index (χ0v) is 13.1. The second-order valence-electron chi connectivity index (χ2n) is 4.03. The van der Waals surface area contributed by atoms with Gasteiger partial charge in [-0.3, -0.25) is 0 Å². The average Bonchev–Trinajstić information content (AvgIpc) is 2.75. The summed E-state index contributed by atoms with van der Waals surface area (Å²) in [5.74, 6) is 0. The maximum Gasteiger partial charge on any atom is 0.120 e. The second kappa shape index (κ2) is 5.87. The first kappa shape index (κ1) is 14.3. The summed E-state index contributed by atoms with van der Waals surface area (Å²) < 4.78 is 2.55. The van der Waals surface area contributed by atoms with E-state index in [0.717, 1.165) is 15.7 Å². The monoisotopic (exact) mass is 357 g/mol. The van der Waals surface area contributed by atoms with Gasteiger partial charge in [0, 0.05) is 24.3 Å². The van der Waals surface area contributed by atoms with Crippen LogP contribution in [0.5, 0.6) is 0 Å². The molecule has 3 nitrogen and oxygen atoms in total. The molecule has 0 aliphatic heterocycles. The molecule has 6 heteroatoms. The number of nitrogens with one attached hydrogen (secondary N) is 1. The van der Waals surface area contributed by atoms with Crippen molar-refractivity contribution in [3.63, 3.8) is 0 Å². The lowest BCUT2D eigenvalue weighted by Crippen LogP contribution is -1.99. The van der Waals surface area contributed by atoms with Gasteiger partial charge in [0.25, 0.3) is 0 Å². The van der Waals surface area contributed by atoms with Gasteiger partial charge in [-0.1, -0.05) is 23.2 Å². The molecular weight excluding hydrogens is 349 g/mol. The second-order valence-corrected chi connectivity index (χ2v) is 5.64. The van der Waals surface area contributed by atoms with Crippen molar-refractivity contribution in [3.05, 3.63) is 50.2 Å². The number of rotatable bonds is 3. The Labute approximate surface area is 129 Å². The van der Waals surface area contributed by atoms with Crippen LogP contribution < -0.4 is 5.32 Å². The summed E-state index contributed by atoms with van der Waals surface area (Å²) in [6.07, 6.45) is 1.90. The molecular formula is C13H10BrCl2N3. The third kappa shape index (κ3) is 3.06. The van der Waals surface area contributed by atoms with Crippen LogP contribution in [0, 0.1) is 11.3 Å². The summed E-state index contributed by atoms with van der Waals surface area (Å²) in [5, 5.41) is 13.1. The number of anilines is 1. The van der Waals surface area contributed by atoms with Crippen LogP contribution in [0.4, 0.5) is 5.69 Å². The molecule has 0 amide bonds. The first-order chi connectivity index (χ1) is 9.02. The first-order valence-corrected chi connectivity index (χ1v) is 7.00. The molecule has 2 aromatic rings. The standard InChI is InChI=1S/C13H10BrCl2N3/c1-19-7-8(4-9(19)5-17)6-18-11-3-2-10(14)12(15)13(11)16/h2-4,7,18H,6H2,1H3. The Balaban J connectivity index is 2.15. The van der Waals surface area contributed by atoms with Gasteiger partial charge >= 0.3 is 0 Å². The van der Waals surface area contributed by atoms with Crippen LogP contribution in [-0.2, 0) is 13.6 Å². The van der Waals surface area contributed by atoms with Gasteiger partial charge < -0.3 is 9.88 Å². The highest BCUT2D eigenvalue weighted by Gasteiger charge is 2.09. The van der Waals surface area contributed by atoms with E-state index in [0.29, 0.717) is 22.3 Å². The van der Waals surface area contributed by atoms with E-state index in [1.807, 2.05) is 31.4 Å². The van der Waals surface area contributed by atoms with Crippen molar-refractivity contribution in [2.24, 2.45) is 7.05 Å². The smallest absolute Gasteiger partial charge is 0.120 e. The normalized spacial score (nSPS) is 10.3. The fourth-order valence-electron chi connectivity index (χ4n) is 1.70. The van der Waals surface area contributed by atoms with Crippen LogP contribution in [0.2, 0.25) is 10.0 Å². The molecule has 98 valence electrons. The fraction of sp³-hybridized carbons (Fsp3) is 0.154. The molecule has 1 heterocycles. The molecule has 2 rings (SSSR count). The molecule has 0 spiro atoms. The Kier molecular flexibility index (Phi) is 4.41. The molecule has 0 fully saturated rings. The van der Waals surface area contributed by atoms with Gasteiger partial charge in [-0.2, -0.15) is 5.26 Å². The molecule has 19 heavy (non-hydrogen) atoms. The van der Waals surface area contributed by atoms with Crippen molar-refractivity contribution in [1.82, 2.24) is 4.57 Å². The zero-order chi connectivity index (χ0) is 14.0. The summed E-state index contributed by atoms with van der Waals surface area (Å²) in [6.45, 7) is 0.577. The van der Waals surface area contributed by atoms with Gasteiger partial charge in [0.2, 0.25) is 0 Å². The number of aryl methyl sites for hydroxylation is 1. The van der Waals surface area contributed by atoms with Gasteiger partial charge in [0.1, 0.15) is 11.8 Å². The third-order valence-corrected chi connectivity index (χ3v) is 4.47. The van der Waals surface area contributed by atoms with Gasteiger partial charge in [0.05, 0.1) is 15.7 Å². The van der Waals surface area contributed by atoms with Crippen molar-refractivity contribution in [3.8, 4) is 6.07 Å². The first-order valence-electron chi connectivity index (χ1n) is 5.45. The van der Waals surface area contributed by atoms with E-state index in [2.05, 4.69) is 27.3 Å². The number of hydrogen-bond donors (Lipinski definition) is 1. The number of hydrogen-bond acceptors (Lipinski definition) is 2. The van der Waals surface area contributed by atoms with Gasteiger partial charge in [0.15, 0.2) is 0 Å². The van der Waals surface area contributed by atoms with E-state index in [1.54, 1.807) is 4.57 Å². The van der Waals surface area contributed by atoms with Gasteiger partial charge in [-0.25, -0.2) is 0 Å². The Morgan fingerprint density at radius 1 is 1.37 bits per heavy atom. The van der Waals surface area contributed by atoms with Gasteiger partial charge in [-0.05, 0) is 39.7 Å². The summed E-state index contributed by atoms with van der Waals surface area (Å²) >= 11 is 15.5. The minimum absolute atomic E-state index is 0.479. The average molecular weight is 359 g/mol. The summed E-state index contributed by atoms with van der Waals surface area (Å²) in [4.78, 5) is 0. The Bertz CT molecular complexity index is 659. The molecule has 0 unspecified atom stereocenters. The summed E-state index contributed by atoms with van der Waals surface area (Å²) in [6, 6.07) is 7.65. The van der Waals surface area contributed by atoms with Crippen LogP contribution in [0.1, 0.15) is 11.3 Å². The van der Waals surface area contributed by atoms with E-state index >= 15 is 0 Å². The highest BCUT2D eigenvalue weighted by atomic mass is 79.9. The maximum atomic E-state index is 8.89. The fourth-order valence-corrected chi connectivity index (χ4v) is 2.54. The van der Waals surface area contributed by atoms with E-state index in [1.165, 1.54) is 0 Å². The lowest BCUT2D eigenvalue weighted by atomic mass is 10.2. The van der Waals surface area contributed by atoms with Crippen molar-refractivity contribution in [1.29, 1.82) is 5.26 Å². The molecule has 0 atom stereocenters. The number of benzene rings is 1. The summed E-state index contributed by atoms with van der Waals surface area (Å²) in [5.41, 5.74) is 2.39. The lowest BCUT2D eigenvalue weighted by Gasteiger charge is -2.09. The van der Waals surface area contributed by atoms with Crippen LogP contribution in [0.3, 0.4) is 0 Å². The van der Waals surface area contributed by atoms with Crippen LogP contribution in [0.25, 0.3) is 0 Å². The molecule has 0 aliphatic carbocycles. The van der Waals surface area contributed by atoms with E-state index < -0.39 is 0 Å². The minimum atomic E-state index is 0.479. The quantitative estimate of drug-likeness (QED) is 0.816. The Morgan fingerprint density at radius 3 is 2.74 bits per heavy atom. The van der Waals surface area contributed by atoms with Crippen molar-refractivity contribution in [2.45, 2.75) is 6.54 Å². The van der Waals surface area contributed by atoms with Crippen molar-refractivity contribution in [2.75, 3.05) is 5.32 Å². The highest BCUT2D eigenvalue weighted by Crippen LogP contribution is 2.35. The predicted molar refractivity (Wildman–Crippen MR) is 81.6 cm³/mol. The molecule has 0 saturated heterocycles. The number of halogens is 3. The van der Waals surface area contributed by atoms with Crippen LogP contribution in [-0.4, -0.2) is 4.57 Å². The van der Waals surface area contributed by atoms with Crippen LogP contribution in [0.15, 0.2) is 28.9 Å². The minimum Gasteiger partial charge on any atom is -0.380 e. The lowest BCUT2D eigenvalue weighted by molar-refractivity contribution is 0.902. The summed E-state index contributed by atoms with van der Waals surface area (Å²) in [7, 11) is 1.84. The molecule has 0 saturated carbocycles. The predicted octanol–water partition coefficient (Wildman–Crippen LogP) is 4.58. The molecule has 1 N–H and O–H groups in total. The number of nitriles is 1. The molecule has 1 aromatic carbocycles. The molecule has 0 radical (unpaired) electrons. The Morgan fingerprint density at radius 2 is 2.11 bits per heavy atom. The number of aromatic nitrogens is 1. The van der Waals surface area contributed by atoms with Crippen molar-refractivity contribution < 1.29 is 0 Å². The van der Waals surface area contributed by atoms with E-state index in [4.69, 9.17) is 28.5 Å². The third-order valence-electron chi connectivity index (χ3n) is 2.69. The molecule has 1 aromatic heterocycles. The zero-order valence-electron chi connectivity index (χ0n) is 10.0. The largest absolute Gasteiger partial charge is 0.380 e. The molecule has 0 bridgehead atoms. The number of nitrogens with zero attached hydrogens (tertiary/aromatic N) is 2. The van der Waals surface area contributed by atoms with Crippen molar-refractivity contribution >= 4 is 44.8 Å². The van der Waals surface area contributed by atoms with E-state index in [-0.39, 0.29) is 0 Å². The van der Waals surface area contributed by atoms with Crippen LogP contribution >= 0.6 is 39.1 Å². The van der Waals surface area contributed by atoms with E-state index in [9.17, 15) is 0 Å².